The monoisotopic (exact) mass is 360 g/mol. The molecule has 2 N–H and O–H groups in total. The Hall–Kier alpha value is -3.21. The van der Waals surface area contributed by atoms with Crippen molar-refractivity contribution in [1.29, 1.82) is 0 Å². The quantitative estimate of drug-likeness (QED) is 0.674. The van der Waals surface area contributed by atoms with Crippen molar-refractivity contribution in [1.82, 2.24) is 15.3 Å². The van der Waals surface area contributed by atoms with Gasteiger partial charge in [0.2, 0.25) is 0 Å². The lowest BCUT2D eigenvalue weighted by Crippen LogP contribution is -2.24. The van der Waals surface area contributed by atoms with Gasteiger partial charge in [-0.2, -0.15) is 0 Å². The lowest BCUT2D eigenvalue weighted by molar-refractivity contribution is 0.0945. The molecule has 3 rings (SSSR count). The summed E-state index contributed by atoms with van der Waals surface area (Å²) in [4.78, 5) is 21.1. The lowest BCUT2D eigenvalue weighted by atomic mass is 10.1. The van der Waals surface area contributed by atoms with Crippen LogP contribution in [0.5, 0.6) is 0 Å². The van der Waals surface area contributed by atoms with Crippen LogP contribution >= 0.6 is 0 Å². The summed E-state index contributed by atoms with van der Waals surface area (Å²) in [5, 5.41) is 6.20. The number of nitrogens with one attached hydrogen (secondary N) is 2. The SMILES string of the molecule is Cc1cccc(CNC(=O)c2cc(NCCc3ccccc3)nc(C)n2)c1. The Bertz CT molecular complexity index is 909. The van der Waals surface area contributed by atoms with Gasteiger partial charge in [0.1, 0.15) is 17.3 Å². The average molecular weight is 360 g/mol. The fourth-order valence-electron chi connectivity index (χ4n) is 2.85. The molecule has 1 heterocycles. The summed E-state index contributed by atoms with van der Waals surface area (Å²) in [6.45, 7) is 5.04. The van der Waals surface area contributed by atoms with Crippen LogP contribution in [0.3, 0.4) is 0 Å². The predicted octanol–water partition coefficient (Wildman–Crippen LogP) is 3.68. The van der Waals surface area contributed by atoms with E-state index in [0.717, 1.165) is 18.5 Å². The Morgan fingerprint density at radius 2 is 1.70 bits per heavy atom. The number of carbonyl (C=O) groups excluding carboxylic acids is 1. The normalized spacial score (nSPS) is 10.4. The van der Waals surface area contributed by atoms with Crippen LogP contribution in [0, 0.1) is 13.8 Å². The van der Waals surface area contributed by atoms with Crippen molar-refractivity contribution in [3.63, 3.8) is 0 Å². The first kappa shape index (κ1) is 18.6. The molecule has 0 bridgehead atoms. The topological polar surface area (TPSA) is 66.9 Å². The average Bonchev–Trinajstić information content (AvgIpc) is 2.66. The standard InChI is InChI=1S/C22H24N4O/c1-16-7-6-10-19(13-16)15-24-22(27)20-14-21(26-17(2)25-20)23-12-11-18-8-4-3-5-9-18/h3-10,13-14H,11-12,15H2,1-2H3,(H,24,27)(H,23,25,26). The molecule has 138 valence electrons. The molecule has 5 heteroatoms. The minimum atomic E-state index is -0.201. The van der Waals surface area contributed by atoms with Gasteiger partial charge in [0, 0.05) is 19.2 Å². The van der Waals surface area contributed by atoms with Crippen LogP contribution < -0.4 is 10.6 Å². The number of rotatable bonds is 7. The van der Waals surface area contributed by atoms with E-state index in [-0.39, 0.29) is 5.91 Å². The third kappa shape index (κ3) is 5.64. The summed E-state index contributed by atoms with van der Waals surface area (Å²) < 4.78 is 0. The highest BCUT2D eigenvalue weighted by Gasteiger charge is 2.10. The largest absolute Gasteiger partial charge is 0.370 e. The van der Waals surface area contributed by atoms with E-state index in [4.69, 9.17) is 0 Å². The van der Waals surface area contributed by atoms with E-state index in [0.29, 0.717) is 23.9 Å². The van der Waals surface area contributed by atoms with Crippen LogP contribution in [-0.4, -0.2) is 22.4 Å². The third-order valence-electron chi connectivity index (χ3n) is 4.17. The minimum absolute atomic E-state index is 0.201. The van der Waals surface area contributed by atoms with Gasteiger partial charge in [-0.25, -0.2) is 9.97 Å². The first-order chi connectivity index (χ1) is 13.1. The second-order valence-corrected chi connectivity index (χ2v) is 6.52. The lowest BCUT2D eigenvalue weighted by Gasteiger charge is -2.10. The maximum atomic E-state index is 12.5. The Morgan fingerprint density at radius 3 is 2.48 bits per heavy atom. The zero-order chi connectivity index (χ0) is 19.1. The van der Waals surface area contributed by atoms with Gasteiger partial charge in [-0.1, -0.05) is 60.2 Å². The highest BCUT2D eigenvalue weighted by Crippen LogP contribution is 2.09. The van der Waals surface area contributed by atoms with Crippen molar-refractivity contribution in [2.75, 3.05) is 11.9 Å². The summed E-state index contributed by atoms with van der Waals surface area (Å²) in [5.41, 5.74) is 3.86. The smallest absolute Gasteiger partial charge is 0.270 e. The van der Waals surface area contributed by atoms with Crippen LogP contribution in [0.1, 0.15) is 33.0 Å². The van der Waals surface area contributed by atoms with E-state index in [1.807, 2.05) is 43.3 Å². The van der Waals surface area contributed by atoms with Gasteiger partial charge in [-0.3, -0.25) is 4.79 Å². The van der Waals surface area contributed by atoms with Gasteiger partial charge in [0.25, 0.3) is 5.91 Å². The van der Waals surface area contributed by atoms with Crippen molar-refractivity contribution in [2.24, 2.45) is 0 Å². The molecule has 5 nitrogen and oxygen atoms in total. The van der Waals surface area contributed by atoms with Crippen molar-refractivity contribution in [3.8, 4) is 0 Å². The summed E-state index contributed by atoms with van der Waals surface area (Å²) in [5.74, 6) is 1.03. The summed E-state index contributed by atoms with van der Waals surface area (Å²) in [6.07, 6.45) is 0.888. The van der Waals surface area contributed by atoms with Crippen LogP contribution in [0.4, 0.5) is 5.82 Å². The number of hydrogen-bond donors (Lipinski definition) is 2. The zero-order valence-electron chi connectivity index (χ0n) is 15.7. The van der Waals surface area contributed by atoms with E-state index >= 15 is 0 Å². The van der Waals surface area contributed by atoms with Gasteiger partial charge in [-0.15, -0.1) is 0 Å². The highest BCUT2D eigenvalue weighted by atomic mass is 16.1. The molecule has 27 heavy (non-hydrogen) atoms. The Morgan fingerprint density at radius 1 is 0.926 bits per heavy atom. The van der Waals surface area contributed by atoms with E-state index < -0.39 is 0 Å². The number of nitrogens with zero attached hydrogens (tertiary/aromatic N) is 2. The third-order valence-corrected chi connectivity index (χ3v) is 4.17. The molecule has 0 unspecified atom stereocenters. The van der Waals surface area contributed by atoms with Gasteiger partial charge < -0.3 is 10.6 Å². The number of benzene rings is 2. The minimum Gasteiger partial charge on any atom is -0.370 e. The molecule has 0 fully saturated rings. The molecular formula is C22H24N4O. The second kappa shape index (κ2) is 8.94. The molecule has 0 aliphatic heterocycles. The number of hydrogen-bond acceptors (Lipinski definition) is 4. The Balaban J connectivity index is 1.59. The maximum Gasteiger partial charge on any atom is 0.270 e. The molecule has 0 aliphatic rings. The Labute approximate surface area is 159 Å². The van der Waals surface area contributed by atoms with E-state index in [9.17, 15) is 4.79 Å². The predicted molar refractivity (Wildman–Crippen MR) is 108 cm³/mol. The molecule has 0 saturated carbocycles. The zero-order valence-corrected chi connectivity index (χ0v) is 15.7. The van der Waals surface area contributed by atoms with E-state index in [2.05, 4.69) is 38.8 Å². The van der Waals surface area contributed by atoms with Crippen molar-refractivity contribution >= 4 is 11.7 Å². The van der Waals surface area contributed by atoms with Crippen molar-refractivity contribution in [3.05, 3.63) is 88.9 Å². The van der Waals surface area contributed by atoms with Crippen molar-refractivity contribution in [2.45, 2.75) is 26.8 Å². The van der Waals surface area contributed by atoms with E-state index in [1.165, 1.54) is 11.1 Å². The fourth-order valence-corrected chi connectivity index (χ4v) is 2.85. The fraction of sp³-hybridized carbons (Fsp3) is 0.227. The summed E-state index contributed by atoms with van der Waals surface area (Å²) >= 11 is 0. The maximum absolute atomic E-state index is 12.5. The van der Waals surface area contributed by atoms with E-state index in [1.54, 1.807) is 13.0 Å². The summed E-state index contributed by atoms with van der Waals surface area (Å²) in [7, 11) is 0. The van der Waals surface area contributed by atoms with Gasteiger partial charge in [0.05, 0.1) is 0 Å². The van der Waals surface area contributed by atoms with Gasteiger partial charge in [-0.05, 0) is 31.4 Å². The molecule has 1 aromatic heterocycles. The first-order valence-electron chi connectivity index (χ1n) is 9.07. The molecule has 3 aromatic rings. The Kier molecular flexibility index (Phi) is 6.15. The molecule has 0 radical (unpaired) electrons. The molecule has 2 aromatic carbocycles. The highest BCUT2D eigenvalue weighted by molar-refractivity contribution is 5.92. The van der Waals surface area contributed by atoms with Gasteiger partial charge >= 0.3 is 0 Å². The van der Waals surface area contributed by atoms with Crippen LogP contribution in [-0.2, 0) is 13.0 Å². The number of aryl methyl sites for hydroxylation is 2. The molecular weight excluding hydrogens is 336 g/mol. The van der Waals surface area contributed by atoms with Gasteiger partial charge in [0.15, 0.2) is 0 Å². The molecule has 0 aliphatic carbocycles. The molecule has 0 atom stereocenters. The first-order valence-corrected chi connectivity index (χ1v) is 9.07. The second-order valence-electron chi connectivity index (χ2n) is 6.52. The number of anilines is 1. The molecule has 0 saturated heterocycles. The van der Waals surface area contributed by atoms with Crippen LogP contribution in [0.15, 0.2) is 60.7 Å². The molecule has 1 amide bonds. The number of carbonyl (C=O) groups is 1. The number of aromatic nitrogens is 2. The summed E-state index contributed by atoms with van der Waals surface area (Å²) in [6, 6.07) is 20.0. The molecule has 0 spiro atoms. The van der Waals surface area contributed by atoms with Crippen molar-refractivity contribution < 1.29 is 4.79 Å². The number of amides is 1. The van der Waals surface area contributed by atoms with Crippen LogP contribution in [0.2, 0.25) is 0 Å². The van der Waals surface area contributed by atoms with Crippen LogP contribution in [0.25, 0.3) is 0 Å².